The van der Waals surface area contributed by atoms with Gasteiger partial charge in [-0.3, -0.25) is 9.59 Å². The monoisotopic (exact) mass is 310 g/mol. The molecule has 0 aliphatic carbocycles. The second-order valence-corrected chi connectivity index (χ2v) is 5.08. The molecule has 0 atom stereocenters. The number of hydrogen-bond acceptors (Lipinski definition) is 4. The van der Waals surface area contributed by atoms with Gasteiger partial charge in [0.2, 0.25) is 0 Å². The molecular formula is C17H14N2O4. The lowest BCUT2D eigenvalue weighted by molar-refractivity contribution is 0.0600. The van der Waals surface area contributed by atoms with Crippen molar-refractivity contribution in [2.75, 3.05) is 12.4 Å². The fourth-order valence-electron chi connectivity index (χ4n) is 2.37. The lowest BCUT2D eigenvalue weighted by Gasteiger charge is -2.07. The molecule has 6 heteroatoms. The Bertz CT molecular complexity index is 797. The van der Waals surface area contributed by atoms with Crippen LogP contribution >= 0.6 is 0 Å². The molecule has 6 nitrogen and oxygen atoms in total. The van der Waals surface area contributed by atoms with Crippen molar-refractivity contribution >= 4 is 23.5 Å². The van der Waals surface area contributed by atoms with Crippen molar-refractivity contribution in [2.45, 2.75) is 6.54 Å². The van der Waals surface area contributed by atoms with E-state index in [0.29, 0.717) is 28.9 Å². The molecule has 2 aromatic carbocycles. The molecule has 0 bridgehead atoms. The van der Waals surface area contributed by atoms with Gasteiger partial charge in [0.05, 0.1) is 12.7 Å². The molecule has 1 heterocycles. The number of carbonyl (C=O) groups is 3. The highest BCUT2D eigenvalue weighted by atomic mass is 16.5. The van der Waals surface area contributed by atoms with Gasteiger partial charge in [0, 0.05) is 23.4 Å². The third-order valence-corrected chi connectivity index (χ3v) is 3.62. The summed E-state index contributed by atoms with van der Waals surface area (Å²) in [6, 6.07) is 11.3. The topological polar surface area (TPSA) is 84.5 Å². The molecule has 2 N–H and O–H groups in total. The van der Waals surface area contributed by atoms with Gasteiger partial charge in [0.25, 0.3) is 11.8 Å². The Morgan fingerprint density at radius 3 is 2.48 bits per heavy atom. The summed E-state index contributed by atoms with van der Waals surface area (Å²) in [6.07, 6.45) is 0. The molecule has 3 rings (SSSR count). The van der Waals surface area contributed by atoms with Crippen LogP contribution in [0.15, 0.2) is 42.5 Å². The lowest BCUT2D eigenvalue weighted by Crippen LogP contribution is -2.14. The summed E-state index contributed by atoms with van der Waals surface area (Å²) in [5.41, 5.74) is 2.81. The van der Waals surface area contributed by atoms with Crippen molar-refractivity contribution < 1.29 is 19.1 Å². The highest BCUT2D eigenvalue weighted by molar-refractivity contribution is 6.06. The van der Waals surface area contributed by atoms with Gasteiger partial charge >= 0.3 is 5.97 Å². The molecule has 1 aliphatic rings. The number of carbonyl (C=O) groups excluding carboxylic acids is 3. The average Bonchev–Trinajstić information content (AvgIpc) is 2.95. The van der Waals surface area contributed by atoms with E-state index in [1.165, 1.54) is 19.2 Å². The summed E-state index contributed by atoms with van der Waals surface area (Å²) in [5, 5.41) is 5.46. The van der Waals surface area contributed by atoms with Crippen LogP contribution in [0.25, 0.3) is 0 Å². The second-order valence-electron chi connectivity index (χ2n) is 5.08. The smallest absolute Gasteiger partial charge is 0.337 e. The van der Waals surface area contributed by atoms with Crippen LogP contribution in [-0.4, -0.2) is 24.9 Å². The molecule has 0 saturated heterocycles. The van der Waals surface area contributed by atoms with Crippen LogP contribution in [0.2, 0.25) is 0 Å². The van der Waals surface area contributed by atoms with E-state index in [2.05, 4.69) is 15.4 Å². The van der Waals surface area contributed by atoms with E-state index in [1.807, 2.05) is 6.07 Å². The minimum Gasteiger partial charge on any atom is -0.465 e. The van der Waals surface area contributed by atoms with E-state index in [9.17, 15) is 14.4 Å². The van der Waals surface area contributed by atoms with Gasteiger partial charge in [-0.2, -0.15) is 0 Å². The molecule has 1 aliphatic heterocycles. The van der Waals surface area contributed by atoms with Crippen LogP contribution in [0.3, 0.4) is 0 Å². The van der Waals surface area contributed by atoms with E-state index in [-0.39, 0.29) is 11.8 Å². The Hall–Kier alpha value is -3.15. The second kappa shape index (κ2) is 5.92. The van der Waals surface area contributed by atoms with Gasteiger partial charge in [-0.25, -0.2) is 4.79 Å². The van der Waals surface area contributed by atoms with Crippen LogP contribution in [0, 0.1) is 0 Å². The highest BCUT2D eigenvalue weighted by Gasteiger charge is 2.19. The van der Waals surface area contributed by atoms with Gasteiger partial charge in [-0.1, -0.05) is 6.07 Å². The van der Waals surface area contributed by atoms with Crippen molar-refractivity contribution in [2.24, 2.45) is 0 Å². The van der Waals surface area contributed by atoms with Gasteiger partial charge in [0.1, 0.15) is 0 Å². The van der Waals surface area contributed by atoms with E-state index in [1.54, 1.807) is 24.3 Å². The Balaban J connectivity index is 1.76. The molecule has 0 saturated carbocycles. The van der Waals surface area contributed by atoms with Crippen LogP contribution in [0.1, 0.15) is 36.6 Å². The number of ether oxygens (including phenoxy) is 1. The van der Waals surface area contributed by atoms with E-state index in [0.717, 1.165) is 5.56 Å². The summed E-state index contributed by atoms with van der Waals surface area (Å²) in [7, 11) is 1.30. The van der Waals surface area contributed by atoms with E-state index >= 15 is 0 Å². The normalized spacial score (nSPS) is 12.3. The number of hydrogen-bond donors (Lipinski definition) is 2. The molecular weight excluding hydrogens is 296 g/mol. The minimum atomic E-state index is -0.457. The van der Waals surface area contributed by atoms with E-state index < -0.39 is 5.97 Å². The maximum Gasteiger partial charge on any atom is 0.337 e. The Morgan fingerprint density at radius 2 is 1.78 bits per heavy atom. The number of methoxy groups -OCH3 is 1. The van der Waals surface area contributed by atoms with Gasteiger partial charge in [-0.15, -0.1) is 0 Å². The predicted molar refractivity (Wildman–Crippen MR) is 83.3 cm³/mol. The van der Waals surface area contributed by atoms with Gasteiger partial charge in [0.15, 0.2) is 0 Å². The summed E-state index contributed by atoms with van der Waals surface area (Å²) < 4.78 is 4.61. The van der Waals surface area contributed by atoms with Crippen molar-refractivity contribution in [3.05, 3.63) is 64.7 Å². The average molecular weight is 310 g/mol. The van der Waals surface area contributed by atoms with Gasteiger partial charge < -0.3 is 15.4 Å². The number of fused-ring (bicyclic) bond motifs is 1. The summed E-state index contributed by atoms with van der Waals surface area (Å²) in [4.78, 5) is 35.2. The SMILES string of the molecule is COC(=O)c1ccc(C(=O)Nc2ccc3c(c2)C(=O)NC3)cc1. The zero-order chi connectivity index (χ0) is 16.4. The van der Waals surface area contributed by atoms with Crippen molar-refractivity contribution in [1.29, 1.82) is 0 Å². The number of anilines is 1. The molecule has 0 spiro atoms. The van der Waals surface area contributed by atoms with Crippen LogP contribution < -0.4 is 10.6 Å². The third kappa shape index (κ3) is 2.91. The lowest BCUT2D eigenvalue weighted by atomic mass is 10.1. The zero-order valence-electron chi connectivity index (χ0n) is 12.4. The minimum absolute atomic E-state index is 0.140. The first-order valence-electron chi connectivity index (χ1n) is 6.99. The quantitative estimate of drug-likeness (QED) is 0.849. The highest BCUT2D eigenvalue weighted by Crippen LogP contribution is 2.20. The van der Waals surface area contributed by atoms with Crippen LogP contribution in [0.5, 0.6) is 0 Å². The Morgan fingerprint density at radius 1 is 1.09 bits per heavy atom. The predicted octanol–water partition coefficient (Wildman–Crippen LogP) is 1.97. The number of nitrogens with one attached hydrogen (secondary N) is 2. The van der Waals surface area contributed by atoms with Crippen LogP contribution in [0.4, 0.5) is 5.69 Å². The first kappa shape index (κ1) is 14.8. The fraction of sp³-hybridized carbons (Fsp3) is 0.118. The molecule has 116 valence electrons. The maximum atomic E-state index is 12.2. The van der Waals surface area contributed by atoms with Crippen LogP contribution in [-0.2, 0) is 11.3 Å². The molecule has 0 unspecified atom stereocenters. The molecule has 2 aromatic rings. The number of benzene rings is 2. The van der Waals surface area contributed by atoms with E-state index in [4.69, 9.17) is 0 Å². The molecule has 0 radical (unpaired) electrons. The number of amides is 2. The first-order chi connectivity index (χ1) is 11.1. The molecule has 0 fully saturated rings. The maximum absolute atomic E-state index is 12.2. The summed E-state index contributed by atoms with van der Waals surface area (Å²) in [5.74, 6) is -0.917. The molecule has 23 heavy (non-hydrogen) atoms. The molecule has 2 amide bonds. The van der Waals surface area contributed by atoms with Gasteiger partial charge in [-0.05, 0) is 42.0 Å². The summed E-state index contributed by atoms with van der Waals surface area (Å²) >= 11 is 0. The third-order valence-electron chi connectivity index (χ3n) is 3.62. The zero-order valence-corrected chi connectivity index (χ0v) is 12.4. The number of esters is 1. The standard InChI is InChI=1S/C17H14N2O4/c1-23-17(22)11-4-2-10(3-5-11)15(20)19-13-7-6-12-9-18-16(21)14(12)8-13/h2-8H,9H2,1H3,(H,18,21)(H,19,20). The molecule has 0 aromatic heterocycles. The van der Waals surface area contributed by atoms with Crippen molar-refractivity contribution in [3.63, 3.8) is 0 Å². The fourth-order valence-corrected chi connectivity index (χ4v) is 2.37. The first-order valence-corrected chi connectivity index (χ1v) is 6.99. The number of rotatable bonds is 3. The van der Waals surface area contributed by atoms with Crippen molar-refractivity contribution in [1.82, 2.24) is 5.32 Å². The van der Waals surface area contributed by atoms with Crippen molar-refractivity contribution in [3.8, 4) is 0 Å². The Labute approximate surface area is 132 Å². The largest absolute Gasteiger partial charge is 0.465 e. The summed E-state index contributed by atoms with van der Waals surface area (Å²) in [6.45, 7) is 0.511. The Kier molecular flexibility index (Phi) is 3.80.